The van der Waals surface area contributed by atoms with E-state index in [0.717, 1.165) is 4.47 Å². The molecule has 0 fully saturated rings. The number of nitrogens with zero attached hydrogens (tertiary/aromatic N) is 1. The highest BCUT2D eigenvalue weighted by Crippen LogP contribution is 2.34. The van der Waals surface area contributed by atoms with Gasteiger partial charge in [0.2, 0.25) is 0 Å². The molecule has 2 nitrogen and oxygen atoms in total. The van der Waals surface area contributed by atoms with Crippen molar-refractivity contribution >= 4 is 62.6 Å². The smallest absolute Gasteiger partial charge is 0.124 e. The van der Waals surface area contributed by atoms with E-state index >= 15 is 0 Å². The summed E-state index contributed by atoms with van der Waals surface area (Å²) in [5.74, 6) is 0.128. The summed E-state index contributed by atoms with van der Waals surface area (Å²) in [6.07, 6.45) is 1.51. The van der Waals surface area contributed by atoms with Gasteiger partial charge in [0.05, 0.1) is 20.8 Å². The third kappa shape index (κ3) is 3.63. The lowest BCUT2D eigenvalue weighted by molar-refractivity contribution is 0.474. The molecule has 0 bridgehead atoms. The van der Waals surface area contributed by atoms with Crippen LogP contribution < -0.4 is 0 Å². The highest BCUT2D eigenvalue weighted by atomic mass is 79.9. The van der Waals surface area contributed by atoms with Crippen molar-refractivity contribution in [2.45, 2.75) is 0 Å². The first-order valence-corrected chi connectivity index (χ1v) is 7.07. The fraction of sp³-hybridized carbons (Fsp3) is 0. The van der Waals surface area contributed by atoms with Crippen LogP contribution in [0, 0.1) is 0 Å². The van der Waals surface area contributed by atoms with Crippen LogP contribution >= 0.6 is 50.7 Å². The molecule has 98 valence electrons. The van der Waals surface area contributed by atoms with Crippen molar-refractivity contribution < 1.29 is 5.11 Å². The van der Waals surface area contributed by atoms with Gasteiger partial charge in [-0.2, -0.15) is 0 Å². The van der Waals surface area contributed by atoms with Crippen LogP contribution in [0.3, 0.4) is 0 Å². The Hall–Kier alpha value is -0.740. The molecule has 0 atom stereocenters. The molecular formula is C13H7BrCl3NO. The molecule has 2 aromatic carbocycles. The molecule has 0 saturated heterocycles. The van der Waals surface area contributed by atoms with Gasteiger partial charge < -0.3 is 5.11 Å². The van der Waals surface area contributed by atoms with Crippen LogP contribution in [0.5, 0.6) is 5.75 Å². The van der Waals surface area contributed by atoms with Gasteiger partial charge in [-0.3, -0.25) is 4.99 Å². The number of hydrogen-bond donors (Lipinski definition) is 1. The van der Waals surface area contributed by atoms with Gasteiger partial charge in [-0.1, -0.05) is 50.7 Å². The maximum atomic E-state index is 9.69. The van der Waals surface area contributed by atoms with Crippen molar-refractivity contribution in [1.29, 1.82) is 0 Å². The summed E-state index contributed by atoms with van der Waals surface area (Å²) in [5.41, 5.74) is 1.05. The topological polar surface area (TPSA) is 32.6 Å². The molecule has 0 aliphatic rings. The molecule has 0 radical (unpaired) electrons. The van der Waals surface area contributed by atoms with Crippen molar-refractivity contribution in [3.05, 3.63) is 55.4 Å². The van der Waals surface area contributed by atoms with Crippen molar-refractivity contribution in [3.63, 3.8) is 0 Å². The van der Waals surface area contributed by atoms with Crippen LogP contribution in [-0.4, -0.2) is 11.3 Å². The van der Waals surface area contributed by atoms with E-state index in [1.807, 2.05) is 0 Å². The maximum absolute atomic E-state index is 9.69. The van der Waals surface area contributed by atoms with Crippen LogP contribution in [0.1, 0.15) is 5.56 Å². The van der Waals surface area contributed by atoms with E-state index in [-0.39, 0.29) is 5.75 Å². The fourth-order valence-electron chi connectivity index (χ4n) is 1.38. The quantitative estimate of drug-likeness (QED) is 0.514. The van der Waals surface area contributed by atoms with E-state index < -0.39 is 0 Å². The molecule has 0 saturated carbocycles. The van der Waals surface area contributed by atoms with Crippen LogP contribution in [0.2, 0.25) is 15.1 Å². The first-order valence-electron chi connectivity index (χ1n) is 5.14. The highest BCUT2D eigenvalue weighted by Gasteiger charge is 2.05. The van der Waals surface area contributed by atoms with E-state index in [1.165, 1.54) is 12.3 Å². The van der Waals surface area contributed by atoms with Gasteiger partial charge in [0, 0.05) is 16.3 Å². The number of phenols is 1. The minimum Gasteiger partial charge on any atom is -0.507 e. The minimum absolute atomic E-state index is 0.128. The molecule has 2 aromatic rings. The van der Waals surface area contributed by atoms with Crippen molar-refractivity contribution in [3.8, 4) is 5.75 Å². The Morgan fingerprint density at radius 3 is 2.42 bits per heavy atom. The number of halogens is 4. The zero-order chi connectivity index (χ0) is 14.0. The SMILES string of the molecule is Oc1ccc(Br)cc1C=Nc1cc(Cl)c(Cl)cc1Cl. The Morgan fingerprint density at radius 1 is 1.00 bits per heavy atom. The van der Waals surface area contributed by atoms with E-state index in [0.29, 0.717) is 26.3 Å². The van der Waals surface area contributed by atoms with Gasteiger partial charge in [-0.05, 0) is 30.3 Å². The normalized spacial score (nSPS) is 11.2. The Labute approximate surface area is 133 Å². The maximum Gasteiger partial charge on any atom is 0.124 e. The van der Waals surface area contributed by atoms with Gasteiger partial charge in [-0.15, -0.1) is 0 Å². The van der Waals surface area contributed by atoms with Crippen molar-refractivity contribution in [1.82, 2.24) is 0 Å². The van der Waals surface area contributed by atoms with E-state index in [2.05, 4.69) is 20.9 Å². The van der Waals surface area contributed by atoms with E-state index in [4.69, 9.17) is 34.8 Å². The number of phenolic OH excluding ortho intramolecular Hbond substituents is 1. The number of benzene rings is 2. The lowest BCUT2D eigenvalue weighted by Crippen LogP contribution is -1.82. The second-order valence-corrected chi connectivity index (χ2v) is 5.82. The second-order valence-electron chi connectivity index (χ2n) is 3.68. The monoisotopic (exact) mass is 377 g/mol. The zero-order valence-electron chi connectivity index (χ0n) is 9.37. The summed E-state index contributed by atoms with van der Waals surface area (Å²) in [5, 5.41) is 10.8. The van der Waals surface area contributed by atoms with Crippen LogP contribution in [0.25, 0.3) is 0 Å². The molecule has 0 aromatic heterocycles. The van der Waals surface area contributed by atoms with Crippen LogP contribution in [-0.2, 0) is 0 Å². The predicted octanol–water partition coefficient (Wildman–Crippen LogP) is 5.87. The second kappa shape index (κ2) is 6.14. The number of aliphatic imine (C=N–C) groups is 1. The lowest BCUT2D eigenvalue weighted by atomic mass is 10.2. The summed E-state index contributed by atoms with van der Waals surface area (Å²) in [6.45, 7) is 0. The lowest BCUT2D eigenvalue weighted by Gasteiger charge is -2.02. The first-order chi connectivity index (χ1) is 8.97. The molecular weight excluding hydrogens is 372 g/mol. The Bertz CT molecular complexity index is 659. The average molecular weight is 379 g/mol. The Morgan fingerprint density at radius 2 is 1.68 bits per heavy atom. The summed E-state index contributed by atoms with van der Waals surface area (Å²) in [7, 11) is 0. The summed E-state index contributed by atoms with van der Waals surface area (Å²) in [6, 6.07) is 8.14. The molecule has 0 aliphatic heterocycles. The third-order valence-corrected chi connectivity index (χ3v) is 3.84. The van der Waals surface area contributed by atoms with Crippen LogP contribution in [0.4, 0.5) is 5.69 Å². The van der Waals surface area contributed by atoms with Gasteiger partial charge in [-0.25, -0.2) is 0 Å². The van der Waals surface area contributed by atoms with Gasteiger partial charge in [0.15, 0.2) is 0 Å². The third-order valence-electron chi connectivity index (χ3n) is 2.32. The highest BCUT2D eigenvalue weighted by molar-refractivity contribution is 9.10. The van der Waals surface area contributed by atoms with Gasteiger partial charge >= 0.3 is 0 Å². The van der Waals surface area contributed by atoms with Crippen molar-refractivity contribution in [2.24, 2.45) is 4.99 Å². The molecule has 0 aliphatic carbocycles. The molecule has 19 heavy (non-hydrogen) atoms. The van der Waals surface area contributed by atoms with Gasteiger partial charge in [0.25, 0.3) is 0 Å². The van der Waals surface area contributed by atoms with Gasteiger partial charge in [0.1, 0.15) is 5.75 Å². The minimum atomic E-state index is 0.128. The summed E-state index contributed by atoms with van der Waals surface area (Å²) < 4.78 is 0.840. The Kier molecular flexibility index (Phi) is 4.74. The van der Waals surface area contributed by atoms with Crippen LogP contribution in [0.15, 0.2) is 39.8 Å². The fourth-order valence-corrected chi connectivity index (χ4v) is 2.35. The van der Waals surface area contributed by atoms with E-state index in [9.17, 15) is 5.11 Å². The number of hydrogen-bond acceptors (Lipinski definition) is 2. The molecule has 1 N–H and O–H groups in total. The number of aromatic hydroxyl groups is 1. The molecule has 2 rings (SSSR count). The standard InChI is InChI=1S/C13H7BrCl3NO/c14-8-1-2-13(19)7(3-8)6-18-12-5-10(16)9(15)4-11(12)17/h1-6,19H. The molecule has 6 heteroatoms. The summed E-state index contributed by atoms with van der Waals surface area (Å²) in [4.78, 5) is 4.20. The predicted molar refractivity (Wildman–Crippen MR) is 84.5 cm³/mol. The molecule has 0 amide bonds. The van der Waals surface area contributed by atoms with Crippen molar-refractivity contribution in [2.75, 3.05) is 0 Å². The summed E-state index contributed by atoms with van der Waals surface area (Å²) >= 11 is 21.1. The molecule has 0 unspecified atom stereocenters. The Balaban J connectivity index is 2.38. The zero-order valence-corrected chi connectivity index (χ0v) is 13.2. The van der Waals surface area contributed by atoms with E-state index in [1.54, 1.807) is 24.3 Å². The first kappa shape index (κ1) is 14.7. The average Bonchev–Trinajstić information content (AvgIpc) is 2.36. The molecule has 0 heterocycles. The number of rotatable bonds is 2. The largest absolute Gasteiger partial charge is 0.507 e. The molecule has 0 spiro atoms.